The van der Waals surface area contributed by atoms with Crippen molar-refractivity contribution in [2.45, 2.75) is 32.9 Å². The summed E-state index contributed by atoms with van der Waals surface area (Å²) in [6.45, 7) is 9.96. The van der Waals surface area contributed by atoms with Crippen molar-refractivity contribution in [3.05, 3.63) is 16.1 Å². The first-order valence-electron chi connectivity index (χ1n) is 7.33. The summed E-state index contributed by atoms with van der Waals surface area (Å²) in [5.74, 6) is 0. The van der Waals surface area contributed by atoms with Crippen molar-refractivity contribution in [1.82, 2.24) is 20.1 Å². The fourth-order valence-electron chi connectivity index (χ4n) is 2.36. The quantitative estimate of drug-likeness (QED) is 0.806. The predicted octanol–water partition coefficient (Wildman–Crippen LogP) is 1.78. The van der Waals surface area contributed by atoms with E-state index in [1.165, 1.54) is 43.2 Å². The number of thiazole rings is 1. The number of nitrogens with zero attached hydrogens (tertiary/aromatic N) is 3. The van der Waals surface area contributed by atoms with Crippen LogP contribution in [-0.2, 0) is 13.1 Å². The van der Waals surface area contributed by atoms with Gasteiger partial charge in [0.25, 0.3) is 0 Å². The maximum absolute atomic E-state index is 4.73. The van der Waals surface area contributed by atoms with Crippen molar-refractivity contribution in [3.8, 4) is 0 Å². The minimum absolute atomic E-state index is 0.918. The maximum Gasteiger partial charge on any atom is 0.107 e. The van der Waals surface area contributed by atoms with E-state index < -0.39 is 0 Å². The molecule has 0 aliphatic carbocycles. The molecule has 0 amide bonds. The lowest BCUT2D eigenvalue weighted by Gasteiger charge is -2.18. The number of hydrogen-bond acceptors (Lipinski definition) is 5. The fourth-order valence-corrected chi connectivity index (χ4v) is 3.12. The Morgan fingerprint density at radius 1 is 1.32 bits per heavy atom. The van der Waals surface area contributed by atoms with Crippen LogP contribution in [0.2, 0.25) is 0 Å². The van der Waals surface area contributed by atoms with E-state index in [1.807, 2.05) is 0 Å². The summed E-state index contributed by atoms with van der Waals surface area (Å²) in [6.07, 6.45) is 2.45. The van der Waals surface area contributed by atoms with E-state index >= 15 is 0 Å². The predicted molar refractivity (Wildman–Crippen MR) is 81.5 cm³/mol. The highest BCUT2D eigenvalue weighted by atomic mass is 32.1. The molecule has 0 saturated carbocycles. The van der Waals surface area contributed by atoms with Crippen LogP contribution >= 0.6 is 11.3 Å². The molecule has 1 N–H and O–H groups in total. The number of likely N-dealkylation sites (N-methyl/N-ethyl adjacent to an activating group) is 1. The molecule has 0 atom stereocenters. The maximum atomic E-state index is 4.73. The Balaban J connectivity index is 1.78. The monoisotopic (exact) mass is 282 g/mol. The van der Waals surface area contributed by atoms with Crippen molar-refractivity contribution < 1.29 is 0 Å². The summed E-state index contributed by atoms with van der Waals surface area (Å²) in [6, 6.07) is 0. The Morgan fingerprint density at radius 3 is 3.05 bits per heavy atom. The lowest BCUT2D eigenvalue weighted by molar-refractivity contribution is 0.267. The van der Waals surface area contributed by atoms with Crippen molar-refractivity contribution in [1.29, 1.82) is 0 Å². The van der Waals surface area contributed by atoms with Gasteiger partial charge in [0, 0.05) is 31.6 Å². The summed E-state index contributed by atoms with van der Waals surface area (Å²) in [5, 5.41) is 6.85. The van der Waals surface area contributed by atoms with Crippen molar-refractivity contribution in [3.63, 3.8) is 0 Å². The molecular weight excluding hydrogens is 256 g/mol. The normalized spacial score (nSPS) is 18.6. The number of nitrogens with one attached hydrogen (secondary N) is 1. The van der Waals surface area contributed by atoms with Gasteiger partial charge in [-0.1, -0.05) is 6.92 Å². The molecule has 19 heavy (non-hydrogen) atoms. The van der Waals surface area contributed by atoms with Crippen LogP contribution in [0.3, 0.4) is 0 Å². The van der Waals surface area contributed by atoms with Gasteiger partial charge in [-0.3, -0.25) is 4.90 Å². The molecule has 4 nitrogen and oxygen atoms in total. The van der Waals surface area contributed by atoms with Gasteiger partial charge in [0.15, 0.2) is 0 Å². The van der Waals surface area contributed by atoms with Crippen molar-refractivity contribution in [2.24, 2.45) is 0 Å². The van der Waals surface area contributed by atoms with Gasteiger partial charge >= 0.3 is 0 Å². The number of hydrogen-bond donors (Lipinski definition) is 1. The van der Waals surface area contributed by atoms with E-state index in [0.717, 1.165) is 26.2 Å². The SMILES string of the molecule is CCCNCc1nc(CN2CCCN(C)CC2)cs1. The standard InChI is InChI=1S/C14H26N4S/c1-3-5-15-10-14-16-13(12-19-14)11-18-7-4-6-17(2)8-9-18/h12,15H,3-11H2,1-2H3. The molecule has 1 saturated heterocycles. The lowest BCUT2D eigenvalue weighted by atomic mass is 10.3. The third-order valence-corrected chi connectivity index (χ3v) is 4.40. The molecule has 1 aromatic heterocycles. The second-order valence-electron chi connectivity index (χ2n) is 5.34. The molecule has 108 valence electrons. The zero-order valence-electron chi connectivity index (χ0n) is 12.2. The Kier molecular flexibility index (Phi) is 6.23. The largest absolute Gasteiger partial charge is 0.310 e. The van der Waals surface area contributed by atoms with Gasteiger partial charge in [0.05, 0.1) is 5.69 Å². The molecule has 0 unspecified atom stereocenters. The van der Waals surface area contributed by atoms with Crippen LogP contribution in [0.5, 0.6) is 0 Å². The van der Waals surface area contributed by atoms with Crippen molar-refractivity contribution >= 4 is 11.3 Å². The summed E-state index contributed by atoms with van der Waals surface area (Å²) in [4.78, 5) is 9.67. The average Bonchev–Trinajstić information content (AvgIpc) is 2.73. The molecule has 1 aromatic rings. The van der Waals surface area contributed by atoms with E-state index in [4.69, 9.17) is 4.98 Å². The number of aromatic nitrogens is 1. The lowest BCUT2D eigenvalue weighted by Crippen LogP contribution is -2.28. The summed E-state index contributed by atoms with van der Waals surface area (Å²) >= 11 is 1.78. The highest BCUT2D eigenvalue weighted by Crippen LogP contribution is 2.13. The van der Waals surface area contributed by atoms with E-state index in [1.54, 1.807) is 11.3 Å². The molecule has 0 aromatic carbocycles. The van der Waals surface area contributed by atoms with Crippen LogP contribution in [0.25, 0.3) is 0 Å². The van der Waals surface area contributed by atoms with Gasteiger partial charge in [-0.2, -0.15) is 0 Å². The zero-order chi connectivity index (χ0) is 13.5. The smallest absolute Gasteiger partial charge is 0.107 e. The van der Waals surface area contributed by atoms with Crippen LogP contribution in [0.4, 0.5) is 0 Å². The van der Waals surface area contributed by atoms with Crippen LogP contribution in [0, 0.1) is 0 Å². The summed E-state index contributed by atoms with van der Waals surface area (Å²) in [5.41, 5.74) is 1.24. The first kappa shape index (κ1) is 14.9. The molecule has 2 heterocycles. The van der Waals surface area contributed by atoms with E-state index in [9.17, 15) is 0 Å². The van der Waals surface area contributed by atoms with E-state index in [2.05, 4.69) is 34.5 Å². The van der Waals surface area contributed by atoms with Crippen LogP contribution in [0.15, 0.2) is 5.38 Å². The Hall–Kier alpha value is -0.490. The highest BCUT2D eigenvalue weighted by Gasteiger charge is 2.13. The molecule has 2 rings (SSSR count). The van der Waals surface area contributed by atoms with Crippen LogP contribution in [0.1, 0.15) is 30.5 Å². The van der Waals surface area contributed by atoms with Crippen LogP contribution < -0.4 is 5.32 Å². The van der Waals surface area contributed by atoms with E-state index in [-0.39, 0.29) is 0 Å². The Bertz CT molecular complexity index is 366. The molecule has 0 bridgehead atoms. The first-order valence-corrected chi connectivity index (χ1v) is 8.21. The molecule has 1 aliphatic heterocycles. The summed E-state index contributed by atoms with van der Waals surface area (Å²) < 4.78 is 0. The van der Waals surface area contributed by atoms with Gasteiger partial charge in [0.2, 0.25) is 0 Å². The Morgan fingerprint density at radius 2 is 2.21 bits per heavy atom. The molecule has 5 heteroatoms. The minimum atomic E-state index is 0.918. The van der Waals surface area contributed by atoms with Crippen molar-refractivity contribution in [2.75, 3.05) is 39.8 Å². The van der Waals surface area contributed by atoms with Gasteiger partial charge in [-0.05, 0) is 39.5 Å². The molecule has 0 radical (unpaired) electrons. The second kappa shape index (κ2) is 7.94. The average molecular weight is 282 g/mol. The molecular formula is C14H26N4S. The van der Waals surface area contributed by atoms with Crippen LogP contribution in [-0.4, -0.2) is 54.6 Å². The fraction of sp³-hybridized carbons (Fsp3) is 0.786. The highest BCUT2D eigenvalue weighted by molar-refractivity contribution is 7.09. The van der Waals surface area contributed by atoms with Gasteiger partial charge in [-0.15, -0.1) is 11.3 Å². The zero-order valence-corrected chi connectivity index (χ0v) is 13.0. The van der Waals surface area contributed by atoms with Gasteiger partial charge in [0.1, 0.15) is 5.01 Å². The first-order chi connectivity index (χ1) is 9.28. The molecule has 1 aliphatic rings. The molecule has 0 spiro atoms. The van der Waals surface area contributed by atoms with E-state index in [0.29, 0.717) is 0 Å². The summed E-state index contributed by atoms with van der Waals surface area (Å²) in [7, 11) is 2.21. The third-order valence-electron chi connectivity index (χ3n) is 3.50. The Labute approximate surface area is 120 Å². The minimum Gasteiger partial charge on any atom is -0.310 e. The van der Waals surface area contributed by atoms with Gasteiger partial charge in [-0.25, -0.2) is 4.98 Å². The second-order valence-corrected chi connectivity index (χ2v) is 6.28. The number of rotatable bonds is 6. The molecule has 1 fully saturated rings. The third kappa shape index (κ3) is 5.18. The van der Waals surface area contributed by atoms with Gasteiger partial charge < -0.3 is 10.2 Å². The topological polar surface area (TPSA) is 31.4 Å².